The van der Waals surface area contributed by atoms with Gasteiger partial charge in [-0.05, 0) is 31.6 Å². The van der Waals surface area contributed by atoms with Gasteiger partial charge in [-0.2, -0.15) is 0 Å². The Morgan fingerprint density at radius 1 is 1.20 bits per heavy atom. The standard InChI is InChI=1S/C15H29NO4/c17-13(10-19-11-14-5-3-7-20-14)9-16-8-12-4-1-2-6-15(12)18/h12-18H,1-11H2. The summed E-state index contributed by atoms with van der Waals surface area (Å²) < 4.78 is 10.9. The first kappa shape index (κ1) is 16.2. The van der Waals surface area contributed by atoms with Crippen LogP contribution in [0.2, 0.25) is 0 Å². The summed E-state index contributed by atoms with van der Waals surface area (Å²) in [5.74, 6) is 0.337. The van der Waals surface area contributed by atoms with Gasteiger partial charge in [-0.25, -0.2) is 0 Å². The average molecular weight is 287 g/mol. The van der Waals surface area contributed by atoms with Gasteiger partial charge in [0.15, 0.2) is 0 Å². The van der Waals surface area contributed by atoms with Gasteiger partial charge in [0.25, 0.3) is 0 Å². The van der Waals surface area contributed by atoms with Crippen molar-refractivity contribution in [2.45, 2.75) is 56.8 Å². The number of nitrogens with one attached hydrogen (secondary N) is 1. The van der Waals surface area contributed by atoms with Gasteiger partial charge in [-0.15, -0.1) is 0 Å². The van der Waals surface area contributed by atoms with Gasteiger partial charge in [-0.3, -0.25) is 0 Å². The van der Waals surface area contributed by atoms with E-state index in [1.807, 2.05) is 0 Å². The lowest BCUT2D eigenvalue weighted by atomic mass is 9.86. The van der Waals surface area contributed by atoms with E-state index in [0.29, 0.717) is 25.7 Å². The largest absolute Gasteiger partial charge is 0.393 e. The van der Waals surface area contributed by atoms with Crippen molar-refractivity contribution < 1.29 is 19.7 Å². The van der Waals surface area contributed by atoms with Crippen molar-refractivity contribution in [1.29, 1.82) is 0 Å². The van der Waals surface area contributed by atoms with E-state index in [4.69, 9.17) is 9.47 Å². The van der Waals surface area contributed by atoms with Crippen molar-refractivity contribution in [3.63, 3.8) is 0 Å². The number of rotatable bonds is 8. The third-order valence-electron chi connectivity index (χ3n) is 4.29. The quantitative estimate of drug-likeness (QED) is 0.612. The van der Waals surface area contributed by atoms with E-state index in [1.165, 1.54) is 6.42 Å². The molecule has 1 aliphatic carbocycles. The monoisotopic (exact) mass is 287 g/mol. The molecular formula is C15H29NO4. The molecule has 0 radical (unpaired) electrons. The molecule has 5 heteroatoms. The van der Waals surface area contributed by atoms with E-state index in [-0.39, 0.29) is 12.2 Å². The minimum absolute atomic E-state index is 0.177. The summed E-state index contributed by atoms with van der Waals surface area (Å²) >= 11 is 0. The first-order valence-electron chi connectivity index (χ1n) is 8.02. The minimum atomic E-state index is -0.489. The van der Waals surface area contributed by atoms with Gasteiger partial charge in [0.05, 0.1) is 31.5 Å². The number of aliphatic hydroxyl groups is 2. The van der Waals surface area contributed by atoms with Crippen LogP contribution in [0.25, 0.3) is 0 Å². The topological polar surface area (TPSA) is 71.0 Å². The Kier molecular flexibility index (Phi) is 7.24. The van der Waals surface area contributed by atoms with Crippen molar-refractivity contribution >= 4 is 0 Å². The molecule has 2 rings (SSSR count). The molecule has 1 heterocycles. The van der Waals surface area contributed by atoms with Gasteiger partial charge < -0.3 is 25.0 Å². The Balaban J connectivity index is 1.47. The van der Waals surface area contributed by atoms with Crippen molar-refractivity contribution in [2.75, 3.05) is 32.9 Å². The highest BCUT2D eigenvalue weighted by Gasteiger charge is 2.22. The van der Waals surface area contributed by atoms with Crippen LogP contribution >= 0.6 is 0 Å². The van der Waals surface area contributed by atoms with Crippen LogP contribution in [0.5, 0.6) is 0 Å². The van der Waals surface area contributed by atoms with Crippen LogP contribution in [0, 0.1) is 5.92 Å². The molecule has 4 unspecified atom stereocenters. The first-order chi connectivity index (χ1) is 9.75. The van der Waals surface area contributed by atoms with Crippen LogP contribution in [0.3, 0.4) is 0 Å². The van der Waals surface area contributed by atoms with Crippen molar-refractivity contribution in [3.8, 4) is 0 Å². The smallest absolute Gasteiger partial charge is 0.0897 e. The highest BCUT2D eigenvalue weighted by Crippen LogP contribution is 2.23. The Morgan fingerprint density at radius 3 is 2.80 bits per heavy atom. The zero-order valence-corrected chi connectivity index (χ0v) is 12.3. The zero-order chi connectivity index (χ0) is 14.2. The summed E-state index contributed by atoms with van der Waals surface area (Å²) in [7, 11) is 0. The highest BCUT2D eigenvalue weighted by molar-refractivity contribution is 4.76. The second-order valence-electron chi connectivity index (χ2n) is 6.10. The maximum Gasteiger partial charge on any atom is 0.0897 e. The summed E-state index contributed by atoms with van der Waals surface area (Å²) in [6, 6.07) is 0. The predicted molar refractivity (Wildman–Crippen MR) is 76.6 cm³/mol. The lowest BCUT2D eigenvalue weighted by Gasteiger charge is -2.28. The summed E-state index contributed by atoms with van der Waals surface area (Å²) in [5, 5.41) is 22.9. The van der Waals surface area contributed by atoms with Crippen LogP contribution in [0.15, 0.2) is 0 Å². The molecule has 0 aromatic rings. The minimum Gasteiger partial charge on any atom is -0.393 e. The molecule has 20 heavy (non-hydrogen) atoms. The van der Waals surface area contributed by atoms with E-state index in [9.17, 15) is 10.2 Å². The lowest BCUT2D eigenvalue weighted by molar-refractivity contribution is -0.0172. The third-order valence-corrected chi connectivity index (χ3v) is 4.29. The Labute approximate surface area is 121 Å². The van der Waals surface area contributed by atoms with E-state index >= 15 is 0 Å². The van der Waals surface area contributed by atoms with Crippen molar-refractivity contribution in [3.05, 3.63) is 0 Å². The lowest BCUT2D eigenvalue weighted by Crippen LogP contribution is -2.38. The molecule has 1 saturated carbocycles. The van der Waals surface area contributed by atoms with Gasteiger partial charge in [0, 0.05) is 19.7 Å². The molecule has 2 aliphatic rings. The zero-order valence-electron chi connectivity index (χ0n) is 12.3. The van der Waals surface area contributed by atoms with Gasteiger partial charge in [0.1, 0.15) is 0 Å². The Bertz CT molecular complexity index is 258. The molecule has 0 bridgehead atoms. The van der Waals surface area contributed by atoms with Gasteiger partial charge in [0.2, 0.25) is 0 Å². The fourth-order valence-corrected chi connectivity index (χ4v) is 3.03. The fraction of sp³-hybridized carbons (Fsp3) is 1.00. The summed E-state index contributed by atoms with van der Waals surface area (Å²) in [4.78, 5) is 0. The third kappa shape index (κ3) is 5.66. The molecule has 1 aliphatic heterocycles. The molecule has 2 fully saturated rings. The molecule has 5 nitrogen and oxygen atoms in total. The number of hydrogen-bond acceptors (Lipinski definition) is 5. The van der Waals surface area contributed by atoms with E-state index in [1.54, 1.807) is 0 Å². The predicted octanol–water partition coefficient (Wildman–Crippen LogP) is 0.684. The average Bonchev–Trinajstić information content (AvgIpc) is 2.94. The maximum absolute atomic E-state index is 9.86. The molecule has 0 aromatic carbocycles. The van der Waals surface area contributed by atoms with Crippen LogP contribution in [0.4, 0.5) is 0 Å². The van der Waals surface area contributed by atoms with Gasteiger partial charge in [-0.1, -0.05) is 12.8 Å². The highest BCUT2D eigenvalue weighted by atomic mass is 16.5. The Hall–Kier alpha value is -0.200. The van der Waals surface area contributed by atoms with E-state index in [2.05, 4.69) is 5.32 Å². The van der Waals surface area contributed by atoms with Gasteiger partial charge >= 0.3 is 0 Å². The van der Waals surface area contributed by atoms with Crippen LogP contribution in [-0.4, -0.2) is 61.4 Å². The number of hydrogen-bond donors (Lipinski definition) is 3. The second-order valence-corrected chi connectivity index (χ2v) is 6.10. The molecule has 4 atom stereocenters. The fourth-order valence-electron chi connectivity index (χ4n) is 3.03. The first-order valence-corrected chi connectivity index (χ1v) is 8.02. The summed E-state index contributed by atoms with van der Waals surface area (Å²) in [6.07, 6.45) is 6.07. The van der Waals surface area contributed by atoms with E-state index in [0.717, 1.165) is 45.3 Å². The number of ether oxygens (including phenoxy) is 2. The van der Waals surface area contributed by atoms with Crippen LogP contribution < -0.4 is 5.32 Å². The second kappa shape index (κ2) is 8.95. The molecule has 0 amide bonds. The number of aliphatic hydroxyl groups excluding tert-OH is 2. The molecule has 118 valence electrons. The van der Waals surface area contributed by atoms with Crippen LogP contribution in [0.1, 0.15) is 38.5 Å². The Morgan fingerprint density at radius 2 is 2.05 bits per heavy atom. The molecule has 3 N–H and O–H groups in total. The molecule has 1 saturated heterocycles. The summed E-state index contributed by atoms with van der Waals surface area (Å²) in [6.45, 7) is 3.07. The molecule has 0 spiro atoms. The molecule has 0 aromatic heterocycles. The summed E-state index contributed by atoms with van der Waals surface area (Å²) in [5.41, 5.74) is 0. The van der Waals surface area contributed by atoms with E-state index < -0.39 is 6.10 Å². The van der Waals surface area contributed by atoms with Crippen molar-refractivity contribution in [2.24, 2.45) is 5.92 Å². The molecular weight excluding hydrogens is 258 g/mol. The van der Waals surface area contributed by atoms with Crippen molar-refractivity contribution in [1.82, 2.24) is 5.32 Å². The maximum atomic E-state index is 9.86. The SMILES string of the molecule is OC(CNCC1CCCCC1O)COCC1CCCO1. The van der Waals surface area contributed by atoms with Crippen LogP contribution in [-0.2, 0) is 9.47 Å². The normalized spacial score (nSPS) is 32.4.